The van der Waals surface area contributed by atoms with Gasteiger partial charge in [0.1, 0.15) is 6.61 Å². The Morgan fingerprint density at radius 1 is 1.15 bits per heavy atom. The van der Waals surface area contributed by atoms with Crippen LogP contribution in [0.4, 0.5) is 9.18 Å². The molecule has 0 bridgehead atoms. The number of hydrogen-bond donors (Lipinski definition) is 2. The van der Waals surface area contributed by atoms with Crippen molar-refractivity contribution >= 4 is 17.8 Å². The van der Waals surface area contributed by atoms with E-state index in [0.29, 0.717) is 11.1 Å². The van der Waals surface area contributed by atoms with Gasteiger partial charge in [0.05, 0.1) is 19.6 Å². The number of benzene rings is 2. The molecular weight excluding hydrogens is 353 g/mol. The Morgan fingerprint density at radius 3 is 2.63 bits per heavy atom. The van der Waals surface area contributed by atoms with Crippen LogP contribution in [0.25, 0.3) is 0 Å². The monoisotopic (exact) mass is 371 g/mol. The van der Waals surface area contributed by atoms with Crippen LogP contribution in [0.2, 0.25) is 0 Å². The Hall–Kier alpha value is -3.42. The molecule has 0 aromatic heterocycles. The smallest absolute Gasteiger partial charge is 0.324 e. The van der Waals surface area contributed by atoms with Gasteiger partial charge in [0.25, 0.3) is 5.91 Å². The van der Waals surface area contributed by atoms with Crippen molar-refractivity contribution in [3.63, 3.8) is 0 Å². The van der Waals surface area contributed by atoms with Crippen LogP contribution in [0, 0.1) is 5.82 Å². The number of nitrogens with one attached hydrogen (secondary N) is 2. The summed E-state index contributed by atoms with van der Waals surface area (Å²) in [4.78, 5) is 36.9. The molecule has 2 N–H and O–H groups in total. The zero-order chi connectivity index (χ0) is 19.2. The second-order valence-electron chi connectivity index (χ2n) is 5.83. The number of halogens is 1. The minimum absolute atomic E-state index is 0.0139. The van der Waals surface area contributed by atoms with Crippen LogP contribution in [-0.2, 0) is 11.3 Å². The first-order valence-electron chi connectivity index (χ1n) is 8.38. The topological polar surface area (TPSA) is 87.7 Å². The molecular formula is C19H18FN3O4. The fourth-order valence-electron chi connectivity index (χ4n) is 2.65. The van der Waals surface area contributed by atoms with E-state index < -0.39 is 11.8 Å². The molecule has 0 saturated carbocycles. The van der Waals surface area contributed by atoms with Gasteiger partial charge >= 0.3 is 6.03 Å². The highest BCUT2D eigenvalue weighted by molar-refractivity contribution is 6.02. The normalized spacial score (nSPS) is 13.4. The summed E-state index contributed by atoms with van der Waals surface area (Å²) in [6, 6.07) is 12.3. The van der Waals surface area contributed by atoms with Crippen LogP contribution in [-0.4, -0.2) is 42.4 Å². The quantitative estimate of drug-likeness (QED) is 0.573. The highest BCUT2D eigenvalue weighted by Crippen LogP contribution is 2.15. The molecule has 1 saturated heterocycles. The lowest BCUT2D eigenvalue weighted by atomic mass is 10.1. The van der Waals surface area contributed by atoms with Gasteiger partial charge in [-0.2, -0.15) is 0 Å². The molecule has 8 heteroatoms. The minimum Gasteiger partial charge on any atom is -0.489 e. The average Bonchev–Trinajstić information content (AvgIpc) is 2.99. The maximum Gasteiger partial charge on any atom is 0.324 e. The molecule has 4 amide bonds. The number of rotatable bonds is 7. The maximum absolute atomic E-state index is 13.5. The molecule has 3 rings (SSSR count). The molecule has 0 aliphatic carbocycles. The van der Waals surface area contributed by atoms with E-state index in [4.69, 9.17) is 4.74 Å². The summed E-state index contributed by atoms with van der Waals surface area (Å²) in [5.41, 5.74) is 0.909. The molecule has 0 unspecified atom stereocenters. The molecule has 1 heterocycles. The van der Waals surface area contributed by atoms with Crippen molar-refractivity contribution in [2.75, 3.05) is 19.7 Å². The molecule has 0 spiro atoms. The number of ether oxygens (including phenoxy) is 1. The van der Waals surface area contributed by atoms with Gasteiger partial charge in [-0.15, -0.1) is 0 Å². The number of imide groups is 1. The Labute approximate surface area is 155 Å². The van der Waals surface area contributed by atoms with Crippen molar-refractivity contribution in [1.82, 2.24) is 15.5 Å². The highest BCUT2D eigenvalue weighted by atomic mass is 19.1. The molecule has 140 valence electrons. The lowest BCUT2D eigenvalue weighted by Crippen LogP contribution is -2.33. The summed E-state index contributed by atoms with van der Waals surface area (Å²) in [6.07, 6.45) is 0. The number of urea groups is 1. The van der Waals surface area contributed by atoms with Crippen molar-refractivity contribution < 1.29 is 23.5 Å². The highest BCUT2D eigenvalue weighted by Gasteiger charge is 2.29. The Morgan fingerprint density at radius 2 is 1.89 bits per heavy atom. The van der Waals surface area contributed by atoms with E-state index in [0.717, 1.165) is 4.90 Å². The van der Waals surface area contributed by atoms with Crippen LogP contribution in [0.3, 0.4) is 0 Å². The van der Waals surface area contributed by atoms with Crippen molar-refractivity contribution in [1.29, 1.82) is 0 Å². The third-order valence-electron chi connectivity index (χ3n) is 4.01. The van der Waals surface area contributed by atoms with Gasteiger partial charge in [-0.3, -0.25) is 14.5 Å². The van der Waals surface area contributed by atoms with Crippen molar-refractivity contribution in [2.45, 2.75) is 6.54 Å². The molecule has 1 aliphatic rings. The van der Waals surface area contributed by atoms with Gasteiger partial charge < -0.3 is 15.4 Å². The summed E-state index contributed by atoms with van der Waals surface area (Å²) in [6.45, 7) is 0.243. The average molecular weight is 371 g/mol. The molecule has 0 radical (unpaired) electrons. The van der Waals surface area contributed by atoms with Gasteiger partial charge in [0.15, 0.2) is 11.6 Å². The van der Waals surface area contributed by atoms with E-state index in [-0.39, 0.29) is 43.8 Å². The van der Waals surface area contributed by atoms with Crippen LogP contribution < -0.4 is 15.4 Å². The maximum atomic E-state index is 13.5. The largest absolute Gasteiger partial charge is 0.489 e. The van der Waals surface area contributed by atoms with Crippen LogP contribution in [0.1, 0.15) is 15.9 Å². The first kappa shape index (κ1) is 18.4. The van der Waals surface area contributed by atoms with E-state index in [1.54, 1.807) is 36.4 Å². The zero-order valence-corrected chi connectivity index (χ0v) is 14.4. The number of hydrogen-bond acceptors (Lipinski definition) is 4. The molecule has 27 heavy (non-hydrogen) atoms. The summed E-state index contributed by atoms with van der Waals surface area (Å²) in [5, 5.41) is 5.13. The number of amides is 4. The second-order valence-corrected chi connectivity index (χ2v) is 5.83. The van der Waals surface area contributed by atoms with Crippen LogP contribution >= 0.6 is 0 Å². The van der Waals surface area contributed by atoms with Gasteiger partial charge in [-0.25, -0.2) is 9.18 Å². The standard InChI is InChI=1S/C19H18FN3O4/c20-15-7-3-4-8-16(15)27-10-9-21-18(25)14-6-2-1-5-13(14)12-23-17(24)11-22-19(23)26/h1-8H,9-12H2,(H,21,25)(H,22,26). The summed E-state index contributed by atoms with van der Waals surface area (Å²) in [5.74, 6) is -1.06. The predicted octanol–water partition coefficient (Wildman–Crippen LogP) is 1.69. The number of carbonyl (C=O) groups excluding carboxylic acids is 3. The fraction of sp³-hybridized carbons (Fsp3) is 0.211. The van der Waals surface area contributed by atoms with E-state index in [1.807, 2.05) is 0 Å². The molecule has 1 fully saturated rings. The Balaban J connectivity index is 1.58. The predicted molar refractivity (Wildman–Crippen MR) is 94.6 cm³/mol. The molecule has 7 nitrogen and oxygen atoms in total. The lowest BCUT2D eigenvalue weighted by Gasteiger charge is -2.15. The first-order chi connectivity index (χ1) is 13.1. The number of carbonyl (C=O) groups is 3. The second kappa shape index (κ2) is 8.31. The van der Waals surface area contributed by atoms with Gasteiger partial charge in [-0.05, 0) is 23.8 Å². The number of para-hydroxylation sites is 1. The van der Waals surface area contributed by atoms with E-state index >= 15 is 0 Å². The van der Waals surface area contributed by atoms with Crippen LogP contribution in [0.5, 0.6) is 5.75 Å². The van der Waals surface area contributed by atoms with Crippen LogP contribution in [0.15, 0.2) is 48.5 Å². The number of nitrogens with zero attached hydrogens (tertiary/aromatic N) is 1. The SMILES string of the molecule is O=C(NCCOc1ccccc1F)c1ccccc1CN1C(=O)CNC1=O. The van der Waals surface area contributed by atoms with Gasteiger partial charge in [0, 0.05) is 5.56 Å². The summed E-state index contributed by atoms with van der Waals surface area (Å²) < 4.78 is 18.8. The van der Waals surface area contributed by atoms with E-state index in [2.05, 4.69) is 10.6 Å². The van der Waals surface area contributed by atoms with Gasteiger partial charge in [-0.1, -0.05) is 30.3 Å². The summed E-state index contributed by atoms with van der Waals surface area (Å²) in [7, 11) is 0. The lowest BCUT2D eigenvalue weighted by molar-refractivity contribution is -0.125. The van der Waals surface area contributed by atoms with E-state index in [9.17, 15) is 18.8 Å². The fourth-order valence-corrected chi connectivity index (χ4v) is 2.65. The zero-order valence-electron chi connectivity index (χ0n) is 14.4. The van der Waals surface area contributed by atoms with Crippen molar-refractivity contribution in [2.24, 2.45) is 0 Å². The third-order valence-corrected chi connectivity index (χ3v) is 4.01. The Kier molecular flexibility index (Phi) is 5.65. The van der Waals surface area contributed by atoms with Crippen molar-refractivity contribution in [3.05, 3.63) is 65.5 Å². The molecule has 2 aromatic rings. The third kappa shape index (κ3) is 4.41. The first-order valence-corrected chi connectivity index (χ1v) is 8.38. The van der Waals surface area contributed by atoms with Gasteiger partial charge in [0.2, 0.25) is 5.91 Å². The molecule has 2 aromatic carbocycles. The molecule has 0 atom stereocenters. The Bertz CT molecular complexity index is 856. The molecule has 1 aliphatic heterocycles. The summed E-state index contributed by atoms with van der Waals surface area (Å²) >= 11 is 0. The van der Waals surface area contributed by atoms with E-state index in [1.165, 1.54) is 12.1 Å². The minimum atomic E-state index is -0.478. The van der Waals surface area contributed by atoms with Crippen molar-refractivity contribution in [3.8, 4) is 5.75 Å².